The molecule has 10 rings (SSSR count). The molecular formula is C48H32. The zero-order valence-corrected chi connectivity index (χ0v) is 26.6. The molecule has 0 atom stereocenters. The van der Waals surface area contributed by atoms with Crippen LogP contribution in [0, 0.1) is 0 Å². The topological polar surface area (TPSA) is 0 Å². The van der Waals surface area contributed by atoms with Crippen molar-refractivity contribution in [3.8, 4) is 66.8 Å². The van der Waals surface area contributed by atoms with Gasteiger partial charge in [-0.05, 0) is 124 Å². The second kappa shape index (κ2) is 10.8. The van der Waals surface area contributed by atoms with Crippen LogP contribution < -0.4 is 10.4 Å². The quantitative estimate of drug-likeness (QED) is 0.186. The number of benzene rings is 8. The van der Waals surface area contributed by atoms with E-state index in [-0.39, 0.29) is 0 Å². The van der Waals surface area contributed by atoms with Gasteiger partial charge in [0.25, 0.3) is 0 Å². The van der Waals surface area contributed by atoms with E-state index in [1.807, 2.05) is 0 Å². The monoisotopic (exact) mass is 608 g/mol. The van der Waals surface area contributed by atoms with Crippen molar-refractivity contribution in [2.24, 2.45) is 0 Å². The largest absolute Gasteiger partial charge is 0.0757 e. The molecule has 224 valence electrons. The molecule has 0 bridgehead atoms. The molecule has 0 radical (unpaired) electrons. The van der Waals surface area contributed by atoms with Gasteiger partial charge in [0.15, 0.2) is 0 Å². The van der Waals surface area contributed by atoms with E-state index in [2.05, 4.69) is 170 Å². The summed E-state index contributed by atoms with van der Waals surface area (Å²) < 4.78 is 0. The maximum Gasteiger partial charge on any atom is -0.000753 e. The van der Waals surface area contributed by atoms with Gasteiger partial charge in [0, 0.05) is 0 Å². The molecule has 0 spiro atoms. The first-order chi connectivity index (χ1) is 23.8. The number of rotatable bonds is 4. The van der Waals surface area contributed by atoms with Crippen LogP contribution in [0.3, 0.4) is 0 Å². The summed E-state index contributed by atoms with van der Waals surface area (Å²) in [5.41, 5.74) is 15.7. The van der Waals surface area contributed by atoms with E-state index in [1.54, 1.807) is 0 Å². The fraction of sp³-hybridized carbons (Fsp3) is 0.0417. The molecule has 0 heterocycles. The third-order valence-corrected chi connectivity index (χ3v) is 10.4. The molecule has 0 unspecified atom stereocenters. The van der Waals surface area contributed by atoms with E-state index in [4.69, 9.17) is 0 Å². The predicted molar refractivity (Wildman–Crippen MR) is 205 cm³/mol. The van der Waals surface area contributed by atoms with E-state index in [9.17, 15) is 0 Å². The molecule has 8 aromatic carbocycles. The summed E-state index contributed by atoms with van der Waals surface area (Å²) in [6, 6.07) is 58.2. The Balaban J connectivity index is 1.24. The normalized spacial score (nSPS) is 12.8. The molecule has 0 aliphatic heterocycles. The van der Waals surface area contributed by atoms with E-state index in [0.29, 0.717) is 0 Å². The summed E-state index contributed by atoms with van der Waals surface area (Å²) in [5.74, 6) is 0. The van der Waals surface area contributed by atoms with Gasteiger partial charge in [0.05, 0.1) is 0 Å². The molecule has 2 aliphatic carbocycles. The average Bonchev–Trinajstić information content (AvgIpc) is 3.49. The summed E-state index contributed by atoms with van der Waals surface area (Å²) in [5, 5.41) is 7.94. The van der Waals surface area contributed by atoms with Crippen LogP contribution in [0.25, 0.3) is 100 Å². The third-order valence-electron chi connectivity index (χ3n) is 10.4. The number of hydrogen-bond acceptors (Lipinski definition) is 0. The lowest BCUT2D eigenvalue weighted by molar-refractivity contribution is 1.12. The molecule has 0 saturated carbocycles. The highest BCUT2D eigenvalue weighted by atomic mass is 14.3. The average molecular weight is 609 g/mol. The Morgan fingerprint density at radius 2 is 0.812 bits per heavy atom. The summed E-state index contributed by atoms with van der Waals surface area (Å²) >= 11 is 0. The first-order valence-corrected chi connectivity index (χ1v) is 17.0. The molecule has 0 N–H and O–H groups in total. The molecule has 0 aromatic heterocycles. The lowest BCUT2D eigenvalue weighted by Gasteiger charge is -2.20. The highest BCUT2D eigenvalue weighted by Gasteiger charge is 2.30. The van der Waals surface area contributed by atoms with Gasteiger partial charge < -0.3 is 0 Å². The fourth-order valence-electron chi connectivity index (χ4n) is 8.31. The second-order valence-corrected chi connectivity index (χ2v) is 13.1. The zero-order chi connectivity index (χ0) is 31.6. The Bertz CT molecular complexity index is 2590. The van der Waals surface area contributed by atoms with Gasteiger partial charge >= 0.3 is 0 Å². The maximum atomic E-state index is 2.48. The Morgan fingerprint density at radius 3 is 1.42 bits per heavy atom. The molecule has 0 fully saturated rings. The van der Waals surface area contributed by atoms with Crippen molar-refractivity contribution in [3.63, 3.8) is 0 Å². The van der Waals surface area contributed by atoms with Gasteiger partial charge in [-0.15, -0.1) is 0 Å². The minimum atomic E-state index is 1.07. The van der Waals surface area contributed by atoms with E-state index >= 15 is 0 Å². The van der Waals surface area contributed by atoms with E-state index in [1.165, 1.54) is 98.7 Å². The molecular weight excluding hydrogens is 577 g/mol. The van der Waals surface area contributed by atoms with Gasteiger partial charge in [-0.3, -0.25) is 0 Å². The molecule has 8 aromatic rings. The predicted octanol–water partition coefficient (Wildman–Crippen LogP) is 11.7. The van der Waals surface area contributed by atoms with Crippen LogP contribution in [-0.4, -0.2) is 0 Å². The summed E-state index contributed by atoms with van der Waals surface area (Å²) in [6.07, 6.45) is 7.10. The van der Waals surface area contributed by atoms with Crippen LogP contribution in [0.2, 0.25) is 0 Å². The van der Waals surface area contributed by atoms with Crippen molar-refractivity contribution in [3.05, 3.63) is 168 Å². The number of hydrogen-bond donors (Lipinski definition) is 0. The van der Waals surface area contributed by atoms with Crippen molar-refractivity contribution < 1.29 is 0 Å². The van der Waals surface area contributed by atoms with Crippen molar-refractivity contribution in [2.75, 3.05) is 0 Å². The van der Waals surface area contributed by atoms with Gasteiger partial charge in [-0.1, -0.05) is 158 Å². The molecule has 0 amide bonds. The zero-order valence-electron chi connectivity index (χ0n) is 26.6. The Morgan fingerprint density at radius 1 is 0.312 bits per heavy atom. The Hall–Kier alpha value is -5.98. The first-order valence-electron chi connectivity index (χ1n) is 17.0. The number of fused-ring (bicyclic) bond motifs is 5. The van der Waals surface area contributed by atoms with Gasteiger partial charge in [-0.2, -0.15) is 0 Å². The second-order valence-electron chi connectivity index (χ2n) is 13.1. The van der Waals surface area contributed by atoms with Gasteiger partial charge in [0.1, 0.15) is 0 Å². The SMILES string of the molecule is C1=c2c(-c3ccccc3)c3c(c(-c4ccccc4)c2=CCC1)-c1ccc(-c2ccc4cc(-c5ccccc5)ccc4c2)c2cccc-3c12. The highest BCUT2D eigenvalue weighted by molar-refractivity contribution is 6.23. The molecule has 0 saturated heterocycles. The van der Waals surface area contributed by atoms with Crippen molar-refractivity contribution in [1.82, 2.24) is 0 Å². The maximum absolute atomic E-state index is 2.48. The van der Waals surface area contributed by atoms with Crippen LogP contribution in [0.5, 0.6) is 0 Å². The lowest BCUT2D eigenvalue weighted by Crippen LogP contribution is -2.32. The van der Waals surface area contributed by atoms with Crippen LogP contribution in [-0.2, 0) is 0 Å². The first kappa shape index (κ1) is 27.2. The van der Waals surface area contributed by atoms with E-state index < -0.39 is 0 Å². The van der Waals surface area contributed by atoms with Gasteiger partial charge in [0.2, 0.25) is 0 Å². The van der Waals surface area contributed by atoms with E-state index in [0.717, 1.165) is 12.8 Å². The minimum absolute atomic E-state index is 1.07. The Labute approximate surface area is 280 Å². The van der Waals surface area contributed by atoms with Crippen LogP contribution in [0.15, 0.2) is 158 Å². The standard InChI is InChI=1S/C48H32/c1-4-13-31(14-5-1)34-23-24-36-30-37(26-25-35(36)29-34)38-27-28-43-46-39(38)21-12-22-42(46)47-44(32-15-6-2-7-16-32)40-19-10-11-20-41(40)45(48(43)47)33-17-8-3-9-18-33/h1-9,12-30H,10-11H2. The fourth-order valence-corrected chi connectivity index (χ4v) is 8.31. The molecule has 0 nitrogen and oxygen atoms in total. The Kier molecular flexibility index (Phi) is 6.11. The highest BCUT2D eigenvalue weighted by Crippen LogP contribution is 2.54. The third kappa shape index (κ3) is 4.09. The minimum Gasteiger partial charge on any atom is -0.0757 e. The molecule has 48 heavy (non-hydrogen) atoms. The lowest BCUT2D eigenvalue weighted by atomic mass is 9.83. The summed E-state index contributed by atoms with van der Waals surface area (Å²) in [4.78, 5) is 0. The smallest absolute Gasteiger partial charge is 0.000753 e. The molecule has 0 heteroatoms. The van der Waals surface area contributed by atoms with Crippen molar-refractivity contribution >= 4 is 33.7 Å². The summed E-state index contributed by atoms with van der Waals surface area (Å²) in [7, 11) is 0. The van der Waals surface area contributed by atoms with Crippen LogP contribution in [0.4, 0.5) is 0 Å². The molecule has 2 aliphatic rings. The van der Waals surface area contributed by atoms with Crippen molar-refractivity contribution in [1.29, 1.82) is 0 Å². The van der Waals surface area contributed by atoms with Crippen molar-refractivity contribution in [2.45, 2.75) is 12.8 Å². The van der Waals surface area contributed by atoms with Crippen LogP contribution in [0.1, 0.15) is 12.8 Å². The van der Waals surface area contributed by atoms with Crippen LogP contribution >= 0.6 is 0 Å². The summed E-state index contributed by atoms with van der Waals surface area (Å²) in [6.45, 7) is 0. The van der Waals surface area contributed by atoms with Gasteiger partial charge in [-0.25, -0.2) is 0 Å².